The quantitative estimate of drug-likeness (QED) is 0.563. The first-order valence-corrected chi connectivity index (χ1v) is 10.0. The molecule has 0 spiro atoms. The smallest absolute Gasteiger partial charge is 0.325 e. The van der Waals surface area contributed by atoms with Crippen LogP contribution in [0.5, 0.6) is 0 Å². The third-order valence-corrected chi connectivity index (χ3v) is 5.88. The van der Waals surface area contributed by atoms with Crippen LogP contribution in [0.1, 0.15) is 18.4 Å². The molecule has 0 aliphatic carbocycles. The van der Waals surface area contributed by atoms with Crippen LogP contribution in [0.4, 0.5) is 4.79 Å². The predicted molar refractivity (Wildman–Crippen MR) is 107 cm³/mol. The Kier molecular flexibility index (Phi) is 5.43. The number of para-hydroxylation sites is 1. The van der Waals surface area contributed by atoms with Gasteiger partial charge in [0.05, 0.1) is 13.0 Å². The fraction of sp³-hybridized carbons (Fsp3) is 0.429. The van der Waals surface area contributed by atoms with E-state index in [4.69, 9.17) is 4.74 Å². The summed E-state index contributed by atoms with van der Waals surface area (Å²) in [7, 11) is 1.35. The van der Waals surface area contributed by atoms with Gasteiger partial charge in [-0.1, -0.05) is 18.2 Å². The second-order valence-corrected chi connectivity index (χ2v) is 7.67. The Morgan fingerprint density at radius 1 is 1.17 bits per heavy atom. The van der Waals surface area contributed by atoms with Gasteiger partial charge in [-0.25, -0.2) is 4.79 Å². The number of methoxy groups -OCH3 is 1. The Balaban J connectivity index is 1.36. The van der Waals surface area contributed by atoms with Crippen molar-refractivity contribution >= 4 is 34.7 Å². The molecule has 30 heavy (non-hydrogen) atoms. The maximum atomic E-state index is 12.8. The normalized spacial score (nSPS) is 20.0. The first kappa shape index (κ1) is 19.9. The first-order chi connectivity index (χ1) is 14.5. The number of ether oxygens (including phenoxy) is 1. The molecule has 9 heteroatoms. The third kappa shape index (κ3) is 3.74. The van der Waals surface area contributed by atoms with Crippen molar-refractivity contribution in [3.8, 4) is 0 Å². The van der Waals surface area contributed by atoms with Crippen molar-refractivity contribution in [3.63, 3.8) is 0 Å². The van der Waals surface area contributed by atoms with Crippen molar-refractivity contribution in [2.75, 3.05) is 26.7 Å². The van der Waals surface area contributed by atoms with E-state index >= 15 is 0 Å². The zero-order valence-corrected chi connectivity index (χ0v) is 16.7. The number of aromatic nitrogens is 1. The summed E-state index contributed by atoms with van der Waals surface area (Å²) in [4.78, 5) is 55.1. The molecule has 2 aliphatic rings. The SMILES string of the molecule is COC(=O)C1CCN(C(=O)CN2C(=O)NC(Cc3c[nH]c4ccccc34)C2=O)CC1. The van der Waals surface area contributed by atoms with Crippen LogP contribution in [-0.4, -0.2) is 71.4 Å². The van der Waals surface area contributed by atoms with Crippen LogP contribution >= 0.6 is 0 Å². The second kappa shape index (κ2) is 8.17. The number of fused-ring (bicyclic) bond motifs is 1. The van der Waals surface area contributed by atoms with Gasteiger partial charge >= 0.3 is 12.0 Å². The number of hydrogen-bond acceptors (Lipinski definition) is 5. The summed E-state index contributed by atoms with van der Waals surface area (Å²) >= 11 is 0. The Labute approximate surface area is 173 Å². The number of amides is 4. The van der Waals surface area contributed by atoms with E-state index in [2.05, 4.69) is 10.3 Å². The topological polar surface area (TPSA) is 112 Å². The number of likely N-dealkylation sites (tertiary alicyclic amines) is 1. The molecule has 2 N–H and O–H groups in total. The largest absolute Gasteiger partial charge is 0.469 e. The van der Waals surface area contributed by atoms with Gasteiger partial charge in [0.1, 0.15) is 12.6 Å². The first-order valence-electron chi connectivity index (χ1n) is 10.0. The lowest BCUT2D eigenvalue weighted by Gasteiger charge is -2.31. The number of nitrogens with one attached hydrogen (secondary N) is 2. The highest BCUT2D eigenvalue weighted by atomic mass is 16.5. The van der Waals surface area contributed by atoms with Crippen molar-refractivity contribution in [2.24, 2.45) is 5.92 Å². The standard InChI is InChI=1S/C21H24N4O5/c1-30-20(28)13-6-8-24(9-7-13)18(26)12-25-19(27)17(23-21(25)29)10-14-11-22-16-5-3-2-4-15(14)16/h2-5,11,13,17,22H,6-10,12H2,1H3,(H,23,29). The van der Waals surface area contributed by atoms with Crippen molar-refractivity contribution in [1.82, 2.24) is 20.1 Å². The van der Waals surface area contributed by atoms with Crippen molar-refractivity contribution < 1.29 is 23.9 Å². The van der Waals surface area contributed by atoms with E-state index in [0.29, 0.717) is 32.4 Å². The molecule has 0 bridgehead atoms. The minimum Gasteiger partial charge on any atom is -0.469 e. The molecular formula is C21H24N4O5. The number of aromatic amines is 1. The highest BCUT2D eigenvalue weighted by Crippen LogP contribution is 2.22. The maximum absolute atomic E-state index is 12.8. The van der Waals surface area contributed by atoms with Crippen LogP contribution in [0.3, 0.4) is 0 Å². The molecule has 0 saturated carbocycles. The molecule has 158 valence electrons. The highest BCUT2D eigenvalue weighted by molar-refractivity contribution is 6.06. The zero-order valence-electron chi connectivity index (χ0n) is 16.7. The molecule has 2 fully saturated rings. The van der Waals surface area contributed by atoms with Crippen LogP contribution in [0, 0.1) is 5.92 Å². The molecule has 9 nitrogen and oxygen atoms in total. The summed E-state index contributed by atoms with van der Waals surface area (Å²) in [6.07, 6.45) is 3.22. The summed E-state index contributed by atoms with van der Waals surface area (Å²) in [6.45, 7) is 0.514. The lowest BCUT2D eigenvalue weighted by molar-refractivity contribution is -0.149. The van der Waals surface area contributed by atoms with E-state index in [1.54, 1.807) is 4.90 Å². The van der Waals surface area contributed by atoms with Gasteiger partial charge in [-0.3, -0.25) is 19.3 Å². The monoisotopic (exact) mass is 412 g/mol. The van der Waals surface area contributed by atoms with Crippen LogP contribution in [0.15, 0.2) is 30.5 Å². The fourth-order valence-corrected chi connectivity index (χ4v) is 4.15. The molecule has 1 aromatic carbocycles. The second-order valence-electron chi connectivity index (χ2n) is 7.67. The number of urea groups is 1. The van der Waals surface area contributed by atoms with E-state index in [9.17, 15) is 19.2 Å². The van der Waals surface area contributed by atoms with Crippen molar-refractivity contribution in [3.05, 3.63) is 36.0 Å². The van der Waals surface area contributed by atoms with Gasteiger partial charge in [0.15, 0.2) is 0 Å². The molecule has 1 atom stereocenters. The van der Waals surface area contributed by atoms with E-state index in [1.165, 1.54) is 7.11 Å². The molecule has 1 aromatic heterocycles. The van der Waals surface area contributed by atoms with Crippen LogP contribution in [-0.2, 0) is 25.5 Å². The molecule has 0 radical (unpaired) electrons. The highest BCUT2D eigenvalue weighted by Gasteiger charge is 2.40. The fourth-order valence-electron chi connectivity index (χ4n) is 4.15. The summed E-state index contributed by atoms with van der Waals surface area (Å²) in [5, 5.41) is 3.69. The Morgan fingerprint density at radius 2 is 1.90 bits per heavy atom. The van der Waals surface area contributed by atoms with Gasteiger partial charge in [0, 0.05) is 36.6 Å². The minimum atomic E-state index is -0.699. The Bertz CT molecular complexity index is 992. The van der Waals surface area contributed by atoms with Gasteiger partial charge in [-0.05, 0) is 24.5 Å². The Morgan fingerprint density at radius 3 is 2.63 bits per heavy atom. The number of nitrogens with zero attached hydrogens (tertiary/aromatic N) is 2. The van der Waals surface area contributed by atoms with E-state index in [-0.39, 0.29) is 24.3 Å². The molecule has 4 rings (SSSR count). The molecule has 2 aromatic rings. The number of rotatable bonds is 5. The maximum Gasteiger partial charge on any atom is 0.325 e. The molecule has 2 aliphatic heterocycles. The van der Waals surface area contributed by atoms with Gasteiger partial charge in [0.2, 0.25) is 5.91 Å². The van der Waals surface area contributed by atoms with Gasteiger partial charge in [-0.2, -0.15) is 0 Å². The number of hydrogen-bond donors (Lipinski definition) is 2. The summed E-state index contributed by atoms with van der Waals surface area (Å²) < 4.78 is 4.75. The van der Waals surface area contributed by atoms with E-state index in [1.807, 2.05) is 30.5 Å². The molecule has 2 saturated heterocycles. The molecule has 3 heterocycles. The summed E-state index contributed by atoms with van der Waals surface area (Å²) in [6, 6.07) is 6.50. The van der Waals surface area contributed by atoms with Gasteiger partial charge < -0.3 is 19.9 Å². The number of imide groups is 1. The number of carbonyl (C=O) groups is 4. The average Bonchev–Trinajstić information content (AvgIpc) is 3.29. The Hall–Kier alpha value is -3.36. The minimum absolute atomic E-state index is 0.212. The lowest BCUT2D eigenvalue weighted by atomic mass is 9.97. The summed E-state index contributed by atoms with van der Waals surface area (Å²) in [5.74, 6) is -1.18. The lowest BCUT2D eigenvalue weighted by Crippen LogP contribution is -2.47. The predicted octanol–water partition coefficient (Wildman–Crippen LogP) is 1.04. The molecule has 1 unspecified atom stereocenters. The van der Waals surface area contributed by atoms with Crippen LogP contribution in [0.2, 0.25) is 0 Å². The van der Waals surface area contributed by atoms with Gasteiger partial charge in [-0.15, -0.1) is 0 Å². The number of carbonyl (C=O) groups excluding carboxylic acids is 4. The van der Waals surface area contributed by atoms with Crippen molar-refractivity contribution in [1.29, 1.82) is 0 Å². The third-order valence-electron chi connectivity index (χ3n) is 5.88. The van der Waals surface area contributed by atoms with Crippen LogP contribution in [0.25, 0.3) is 10.9 Å². The number of benzene rings is 1. The average molecular weight is 412 g/mol. The number of piperidine rings is 1. The number of H-pyrrole nitrogens is 1. The van der Waals surface area contributed by atoms with Gasteiger partial charge in [0.25, 0.3) is 5.91 Å². The van der Waals surface area contributed by atoms with E-state index in [0.717, 1.165) is 21.4 Å². The van der Waals surface area contributed by atoms with Crippen LogP contribution < -0.4 is 5.32 Å². The molecular weight excluding hydrogens is 388 g/mol. The summed E-state index contributed by atoms with van der Waals surface area (Å²) in [5.41, 5.74) is 1.90. The van der Waals surface area contributed by atoms with Crippen molar-refractivity contribution in [2.45, 2.75) is 25.3 Å². The van der Waals surface area contributed by atoms with E-state index < -0.39 is 18.0 Å². The molecule has 4 amide bonds. The zero-order chi connectivity index (χ0) is 21.3. The number of esters is 1.